The number of aliphatic hydroxyl groups excluding tert-OH is 2. The first-order valence-corrected chi connectivity index (χ1v) is 22.0. The number of hydrogen-bond donors (Lipinski definition) is 9. The van der Waals surface area contributed by atoms with E-state index in [1.807, 2.05) is 13.0 Å². The van der Waals surface area contributed by atoms with Gasteiger partial charge in [-0.25, -0.2) is 28.6 Å². The van der Waals surface area contributed by atoms with Gasteiger partial charge >= 0.3 is 23.5 Å². The van der Waals surface area contributed by atoms with Crippen LogP contribution >= 0.6 is 35.2 Å². The van der Waals surface area contributed by atoms with Gasteiger partial charge in [-0.2, -0.15) is 4.31 Å². The minimum atomic E-state index is -5.57. The number of nitrogens with zero attached hydrogens (tertiary/aromatic N) is 4. The van der Waals surface area contributed by atoms with Crippen LogP contribution in [0.25, 0.3) is 11.2 Å². The molecule has 24 nitrogen and oxygen atoms in total. The van der Waals surface area contributed by atoms with Crippen LogP contribution in [0.5, 0.6) is 0 Å². The highest BCUT2D eigenvalue weighted by atomic mass is 32.2. The summed E-state index contributed by atoms with van der Waals surface area (Å²) in [5.74, 6) is -1.16. The van der Waals surface area contributed by atoms with Gasteiger partial charge in [-0.15, -0.1) is 0 Å². The number of phosphoric acid groups is 3. The van der Waals surface area contributed by atoms with E-state index in [0.717, 1.165) is 35.4 Å². The lowest BCUT2D eigenvalue weighted by Crippen LogP contribution is -2.46. The molecule has 0 radical (unpaired) electrons. The molecule has 2 aromatic heterocycles. The van der Waals surface area contributed by atoms with E-state index < -0.39 is 84.6 Å². The first kappa shape index (κ1) is 47.4. The molecule has 1 fully saturated rings. The van der Waals surface area contributed by atoms with Crippen LogP contribution in [0.15, 0.2) is 37.0 Å². The number of anilines is 1. The molecular weight excluding hydrogens is 831 g/mol. The largest absolute Gasteiger partial charge is 0.481 e. The Kier molecular flexibility index (Phi) is 17.5. The van der Waals surface area contributed by atoms with E-state index in [1.54, 1.807) is 12.2 Å². The molecule has 7 atom stereocenters. The molecule has 56 heavy (non-hydrogen) atoms. The van der Waals surface area contributed by atoms with Gasteiger partial charge in [-0.3, -0.25) is 32.5 Å². The third kappa shape index (κ3) is 14.8. The summed E-state index contributed by atoms with van der Waals surface area (Å²) in [7, 11) is -16.4. The van der Waals surface area contributed by atoms with Gasteiger partial charge in [0.15, 0.2) is 17.7 Å². The van der Waals surface area contributed by atoms with Crippen LogP contribution in [0.2, 0.25) is 0 Å². The van der Waals surface area contributed by atoms with E-state index in [9.17, 15) is 57.9 Å². The fraction of sp³-hybridized carbons (Fsp3) is 0.571. The third-order valence-electron chi connectivity index (χ3n) is 7.46. The molecule has 3 rings (SSSR count). The topological polar surface area (TPSA) is 364 Å². The number of carbonyl (C=O) groups excluding carboxylic acids is 3. The van der Waals surface area contributed by atoms with Crippen molar-refractivity contribution in [2.75, 3.05) is 37.8 Å². The zero-order valence-corrected chi connectivity index (χ0v) is 33.6. The molecule has 0 bridgehead atoms. The van der Waals surface area contributed by atoms with E-state index in [4.69, 9.17) is 19.5 Å². The molecular formula is C28H44N7O17P3S. The number of nitrogens with two attached hydrogens (primary N) is 1. The maximum atomic E-state index is 12.7. The van der Waals surface area contributed by atoms with Crippen molar-refractivity contribution >= 4 is 69.1 Å². The summed E-state index contributed by atoms with van der Waals surface area (Å²) in [6.45, 7) is 2.42. The van der Waals surface area contributed by atoms with Crippen molar-refractivity contribution in [3.05, 3.63) is 37.0 Å². The Morgan fingerprint density at radius 2 is 1.77 bits per heavy atom. The molecule has 0 aromatic carbocycles. The van der Waals surface area contributed by atoms with Crippen LogP contribution in [0.4, 0.5) is 5.82 Å². The Bertz CT molecular complexity index is 1890. The molecule has 2 aromatic rings. The van der Waals surface area contributed by atoms with Crippen LogP contribution in [0.1, 0.15) is 39.8 Å². The molecule has 2 amide bonds. The summed E-state index contributed by atoms with van der Waals surface area (Å²) in [6.07, 6.45) is 0.561. The highest BCUT2D eigenvalue weighted by Crippen LogP contribution is 2.61. The predicted molar refractivity (Wildman–Crippen MR) is 196 cm³/mol. The molecule has 10 N–H and O–H groups in total. The second-order valence-corrected chi connectivity index (χ2v) is 17.8. The molecule has 314 valence electrons. The zero-order valence-electron chi connectivity index (χ0n) is 30.1. The molecule has 0 aliphatic carbocycles. The number of thioether (sulfide) groups is 1. The summed E-state index contributed by atoms with van der Waals surface area (Å²) in [6, 6.07) is 0. The number of fused-ring (bicyclic) bond motifs is 1. The number of rotatable bonds is 22. The fourth-order valence-electron chi connectivity index (χ4n) is 4.68. The zero-order chi connectivity index (χ0) is 41.9. The average Bonchev–Trinajstić information content (AvgIpc) is 3.66. The maximum Gasteiger partial charge on any atom is 0.481 e. The molecule has 1 aliphatic rings. The molecule has 7 unspecified atom stereocenters. The van der Waals surface area contributed by atoms with Crippen molar-refractivity contribution in [1.29, 1.82) is 0 Å². The van der Waals surface area contributed by atoms with Crippen molar-refractivity contribution < 1.29 is 80.5 Å². The van der Waals surface area contributed by atoms with Gasteiger partial charge in [-0.1, -0.05) is 50.8 Å². The van der Waals surface area contributed by atoms with Crippen molar-refractivity contribution in [3.8, 4) is 0 Å². The number of aliphatic hydroxyl groups is 2. The Hall–Kier alpha value is -2.96. The van der Waals surface area contributed by atoms with Crippen LogP contribution < -0.4 is 16.4 Å². The number of aromatic nitrogens is 4. The smallest absolute Gasteiger partial charge is 0.386 e. The minimum Gasteiger partial charge on any atom is -0.386 e. The van der Waals surface area contributed by atoms with E-state index in [-0.39, 0.29) is 41.6 Å². The predicted octanol–water partition coefficient (Wildman–Crippen LogP) is 0.187. The minimum absolute atomic E-state index is 0.0294. The number of nitrogen functional groups attached to an aromatic ring is 1. The van der Waals surface area contributed by atoms with Gasteiger partial charge < -0.3 is 50.9 Å². The first-order chi connectivity index (χ1) is 26.1. The van der Waals surface area contributed by atoms with E-state index in [0.29, 0.717) is 5.75 Å². The maximum absolute atomic E-state index is 12.7. The second kappa shape index (κ2) is 20.6. The quantitative estimate of drug-likeness (QED) is 0.0330. The SMILES string of the molecule is CC/C=C/C=C/C(=O)SCCNC(=O)CCNC(=O)C(O)C(C)(C)COP(=O)(O)OP(=O)(O)OCC1OC(n2cnc3c(N)ncnc32)C(O)C1OP(=O)(O)O. The fourth-order valence-corrected chi connectivity index (χ4v) is 8.09. The number of allylic oxidation sites excluding steroid dienone is 3. The number of imidazole rings is 1. The summed E-state index contributed by atoms with van der Waals surface area (Å²) < 4.78 is 62.1. The Balaban J connectivity index is 1.48. The number of amides is 2. The highest BCUT2D eigenvalue weighted by molar-refractivity contribution is 8.14. The van der Waals surface area contributed by atoms with Crippen LogP contribution in [-0.2, 0) is 50.7 Å². The first-order valence-electron chi connectivity index (χ1n) is 16.4. The van der Waals surface area contributed by atoms with Gasteiger partial charge in [0.2, 0.25) is 16.9 Å². The summed E-state index contributed by atoms with van der Waals surface area (Å²) in [4.78, 5) is 87.3. The lowest BCUT2D eigenvalue weighted by atomic mass is 9.87. The Morgan fingerprint density at radius 1 is 1.07 bits per heavy atom. The van der Waals surface area contributed by atoms with Gasteiger partial charge in [0.1, 0.15) is 36.3 Å². The van der Waals surface area contributed by atoms with Crippen LogP contribution in [0, 0.1) is 5.41 Å². The number of ether oxygens (including phenoxy) is 1. The van der Waals surface area contributed by atoms with Crippen LogP contribution in [-0.4, -0.2) is 123 Å². The summed E-state index contributed by atoms with van der Waals surface area (Å²) >= 11 is 1.01. The van der Waals surface area contributed by atoms with Crippen molar-refractivity contribution in [1.82, 2.24) is 30.2 Å². The Morgan fingerprint density at radius 3 is 2.45 bits per heavy atom. The lowest BCUT2D eigenvalue weighted by Gasteiger charge is -2.30. The summed E-state index contributed by atoms with van der Waals surface area (Å²) in [5.41, 5.74) is 4.26. The van der Waals surface area contributed by atoms with Crippen molar-refractivity contribution in [3.63, 3.8) is 0 Å². The number of phosphoric ester groups is 3. The van der Waals surface area contributed by atoms with Gasteiger partial charge in [0.05, 0.1) is 19.5 Å². The third-order valence-corrected chi connectivity index (χ3v) is 11.4. The van der Waals surface area contributed by atoms with Crippen molar-refractivity contribution in [2.24, 2.45) is 5.41 Å². The number of hydrogen-bond acceptors (Lipinski definition) is 18. The molecule has 3 heterocycles. The van der Waals surface area contributed by atoms with E-state index >= 15 is 0 Å². The van der Waals surface area contributed by atoms with Crippen molar-refractivity contribution in [2.45, 2.75) is 64.3 Å². The second-order valence-electron chi connectivity index (χ2n) is 12.4. The standard InChI is InChI=1S/C28H44N7O17P3S/c1-4-5-6-7-8-19(37)56-12-11-30-18(36)9-10-31-26(40)23(39)28(2,3)14-49-55(46,47)52-54(44,45)48-13-17-22(51-53(41,42)43)21(38)27(50-17)35-16-34-20-24(29)32-15-33-25(20)35/h5-8,15-17,21-23,27,38-39H,4,9-14H2,1-3H3,(H,30,36)(H,31,40)(H,44,45)(H,46,47)(H2,29,32,33)(H2,41,42,43)/b6-5+,8-7+. The van der Waals surface area contributed by atoms with Gasteiger partial charge in [0.25, 0.3) is 0 Å². The van der Waals surface area contributed by atoms with Crippen LogP contribution in [0.3, 0.4) is 0 Å². The molecule has 0 saturated carbocycles. The molecule has 28 heteroatoms. The van der Waals surface area contributed by atoms with Gasteiger partial charge in [0, 0.05) is 30.7 Å². The Labute approximate surface area is 323 Å². The molecule has 1 aliphatic heterocycles. The number of carbonyl (C=O) groups is 3. The summed E-state index contributed by atoms with van der Waals surface area (Å²) in [5, 5.41) is 26.1. The lowest BCUT2D eigenvalue weighted by molar-refractivity contribution is -0.137. The van der Waals surface area contributed by atoms with E-state index in [1.165, 1.54) is 19.9 Å². The highest BCUT2D eigenvalue weighted by Gasteiger charge is 2.50. The normalized spacial score (nSPS) is 21.9. The monoisotopic (exact) mass is 875 g/mol. The number of nitrogens with one attached hydrogen (secondary N) is 2. The molecule has 0 spiro atoms. The van der Waals surface area contributed by atoms with E-state index in [2.05, 4.69) is 34.4 Å². The average molecular weight is 876 g/mol. The van der Waals surface area contributed by atoms with Gasteiger partial charge in [-0.05, 0) is 12.5 Å². The molecule has 1 saturated heterocycles.